The third kappa shape index (κ3) is 2.58. The van der Waals surface area contributed by atoms with Crippen LogP contribution in [-0.4, -0.2) is 11.2 Å². The summed E-state index contributed by atoms with van der Waals surface area (Å²) in [4.78, 5) is 4.31. The van der Waals surface area contributed by atoms with Crippen LogP contribution in [0.3, 0.4) is 0 Å². The molecule has 2 aromatic heterocycles. The van der Waals surface area contributed by atoms with Crippen LogP contribution in [0.1, 0.15) is 18.5 Å². The highest BCUT2D eigenvalue weighted by atomic mass is 32.2. The predicted molar refractivity (Wildman–Crippen MR) is 66.8 cm³/mol. The average Bonchev–Trinajstić information content (AvgIpc) is 2.83. The molecule has 84 valence electrons. The van der Waals surface area contributed by atoms with Gasteiger partial charge in [0.2, 0.25) is 0 Å². The Morgan fingerprint density at radius 2 is 2.25 bits per heavy atom. The van der Waals surface area contributed by atoms with Crippen LogP contribution >= 0.6 is 11.8 Å². The maximum atomic E-state index is 5.05. The van der Waals surface area contributed by atoms with Gasteiger partial charge in [0.25, 0.3) is 0 Å². The minimum atomic E-state index is 0.223. The van der Waals surface area contributed by atoms with Crippen LogP contribution in [0.25, 0.3) is 0 Å². The van der Waals surface area contributed by atoms with Crippen molar-refractivity contribution >= 4 is 17.4 Å². The van der Waals surface area contributed by atoms with Gasteiger partial charge in [-0.05, 0) is 31.4 Å². The average molecular weight is 234 g/mol. The number of furan rings is 1. The maximum Gasteiger partial charge on any atom is 0.0958 e. The smallest absolute Gasteiger partial charge is 0.0958 e. The third-order valence-corrected chi connectivity index (χ3v) is 3.03. The SMILES string of the molecule is CSc1ccc(NC(C)c2ccoc2)cn1. The Kier molecular flexibility index (Phi) is 3.51. The van der Waals surface area contributed by atoms with Gasteiger partial charge >= 0.3 is 0 Å². The normalized spacial score (nSPS) is 12.4. The Balaban J connectivity index is 2.03. The molecule has 0 aliphatic rings. The van der Waals surface area contributed by atoms with Crippen molar-refractivity contribution in [2.45, 2.75) is 18.0 Å². The molecule has 0 saturated carbocycles. The summed E-state index contributed by atoms with van der Waals surface area (Å²) in [5, 5.41) is 4.39. The highest BCUT2D eigenvalue weighted by Gasteiger charge is 2.06. The Bertz CT molecular complexity index is 425. The number of anilines is 1. The molecule has 1 unspecified atom stereocenters. The fourth-order valence-electron chi connectivity index (χ4n) is 1.44. The van der Waals surface area contributed by atoms with Crippen LogP contribution in [0.2, 0.25) is 0 Å². The zero-order valence-corrected chi connectivity index (χ0v) is 10.1. The summed E-state index contributed by atoms with van der Waals surface area (Å²) in [6.07, 6.45) is 7.30. The molecule has 2 rings (SSSR count). The van der Waals surface area contributed by atoms with Crippen molar-refractivity contribution in [3.05, 3.63) is 42.5 Å². The van der Waals surface area contributed by atoms with E-state index in [0.717, 1.165) is 16.3 Å². The lowest BCUT2D eigenvalue weighted by Gasteiger charge is -2.13. The molecular formula is C12H14N2OS. The molecule has 1 atom stereocenters. The number of nitrogens with zero attached hydrogens (tertiary/aromatic N) is 1. The van der Waals surface area contributed by atoms with Gasteiger partial charge in [-0.3, -0.25) is 0 Å². The van der Waals surface area contributed by atoms with Crippen molar-refractivity contribution in [3.8, 4) is 0 Å². The van der Waals surface area contributed by atoms with E-state index < -0.39 is 0 Å². The highest BCUT2D eigenvalue weighted by Crippen LogP contribution is 2.20. The lowest BCUT2D eigenvalue weighted by Crippen LogP contribution is -2.05. The molecule has 0 radical (unpaired) electrons. The molecule has 0 bridgehead atoms. The second kappa shape index (κ2) is 5.07. The van der Waals surface area contributed by atoms with E-state index in [1.165, 1.54) is 0 Å². The Morgan fingerprint density at radius 3 is 2.81 bits per heavy atom. The Hall–Kier alpha value is -1.42. The molecule has 0 aliphatic carbocycles. The summed E-state index contributed by atoms with van der Waals surface area (Å²) in [5.41, 5.74) is 2.15. The monoisotopic (exact) mass is 234 g/mol. The third-order valence-electron chi connectivity index (χ3n) is 2.37. The van der Waals surface area contributed by atoms with Gasteiger partial charge < -0.3 is 9.73 Å². The van der Waals surface area contributed by atoms with Crippen LogP contribution in [0.15, 0.2) is 46.4 Å². The molecule has 2 heterocycles. The summed E-state index contributed by atoms with van der Waals surface area (Å²) in [6.45, 7) is 2.09. The lowest BCUT2D eigenvalue weighted by molar-refractivity contribution is 0.562. The zero-order chi connectivity index (χ0) is 11.4. The maximum absolute atomic E-state index is 5.05. The minimum Gasteiger partial charge on any atom is -0.472 e. The fourth-order valence-corrected chi connectivity index (χ4v) is 1.80. The molecule has 0 saturated heterocycles. The summed E-state index contributed by atoms with van der Waals surface area (Å²) < 4.78 is 5.05. The van der Waals surface area contributed by atoms with Gasteiger partial charge in [0, 0.05) is 5.56 Å². The molecule has 0 amide bonds. The van der Waals surface area contributed by atoms with Gasteiger partial charge in [0.05, 0.1) is 35.5 Å². The standard InChI is InChI=1S/C12H14N2OS/c1-9(10-5-6-15-8-10)14-11-3-4-12(16-2)13-7-11/h3-9,14H,1-2H3. The van der Waals surface area contributed by atoms with Gasteiger partial charge in [-0.25, -0.2) is 4.98 Å². The summed E-state index contributed by atoms with van der Waals surface area (Å²) >= 11 is 1.64. The molecule has 0 fully saturated rings. The number of hydrogen-bond donors (Lipinski definition) is 1. The summed E-state index contributed by atoms with van der Waals surface area (Å²) in [5.74, 6) is 0. The molecule has 1 N–H and O–H groups in total. The van der Waals surface area contributed by atoms with Crippen LogP contribution in [0.5, 0.6) is 0 Å². The van der Waals surface area contributed by atoms with Crippen molar-refractivity contribution in [2.75, 3.05) is 11.6 Å². The molecular weight excluding hydrogens is 220 g/mol. The van der Waals surface area contributed by atoms with E-state index in [1.807, 2.05) is 30.7 Å². The fraction of sp³-hybridized carbons (Fsp3) is 0.250. The first kappa shape index (κ1) is 11.1. The number of pyridine rings is 1. The first-order chi connectivity index (χ1) is 7.79. The van der Waals surface area contributed by atoms with Crippen LogP contribution < -0.4 is 5.32 Å². The van der Waals surface area contributed by atoms with Gasteiger partial charge in [-0.15, -0.1) is 11.8 Å². The molecule has 16 heavy (non-hydrogen) atoms. The van der Waals surface area contributed by atoms with E-state index in [2.05, 4.69) is 17.2 Å². The first-order valence-corrected chi connectivity index (χ1v) is 6.31. The van der Waals surface area contributed by atoms with Crippen molar-refractivity contribution < 1.29 is 4.42 Å². The van der Waals surface area contributed by atoms with Crippen molar-refractivity contribution in [1.82, 2.24) is 4.98 Å². The van der Waals surface area contributed by atoms with Gasteiger partial charge in [-0.1, -0.05) is 0 Å². The van der Waals surface area contributed by atoms with Gasteiger partial charge in [-0.2, -0.15) is 0 Å². The van der Waals surface area contributed by atoms with E-state index in [-0.39, 0.29) is 6.04 Å². The molecule has 0 spiro atoms. The van der Waals surface area contributed by atoms with E-state index in [4.69, 9.17) is 4.42 Å². The van der Waals surface area contributed by atoms with E-state index in [1.54, 1.807) is 24.3 Å². The van der Waals surface area contributed by atoms with Crippen molar-refractivity contribution in [3.63, 3.8) is 0 Å². The van der Waals surface area contributed by atoms with E-state index in [0.29, 0.717) is 0 Å². The lowest BCUT2D eigenvalue weighted by atomic mass is 10.2. The first-order valence-electron chi connectivity index (χ1n) is 5.08. The van der Waals surface area contributed by atoms with E-state index >= 15 is 0 Å². The largest absolute Gasteiger partial charge is 0.472 e. The molecule has 3 nitrogen and oxygen atoms in total. The second-order valence-corrected chi connectivity index (χ2v) is 4.34. The summed E-state index contributed by atoms with van der Waals surface area (Å²) in [6, 6.07) is 6.23. The number of aromatic nitrogens is 1. The van der Waals surface area contributed by atoms with Crippen LogP contribution in [0, 0.1) is 0 Å². The Morgan fingerprint density at radius 1 is 1.38 bits per heavy atom. The minimum absolute atomic E-state index is 0.223. The quantitative estimate of drug-likeness (QED) is 0.821. The topological polar surface area (TPSA) is 38.1 Å². The number of nitrogens with one attached hydrogen (secondary N) is 1. The van der Waals surface area contributed by atoms with Gasteiger partial charge in [0.15, 0.2) is 0 Å². The predicted octanol–water partition coefficient (Wildman–Crippen LogP) is 3.57. The molecule has 4 heteroatoms. The van der Waals surface area contributed by atoms with E-state index in [9.17, 15) is 0 Å². The Labute approximate surface area is 99.3 Å². The molecule has 0 aliphatic heterocycles. The molecule has 2 aromatic rings. The highest BCUT2D eigenvalue weighted by molar-refractivity contribution is 7.98. The number of hydrogen-bond acceptors (Lipinski definition) is 4. The van der Waals surface area contributed by atoms with Crippen LogP contribution in [-0.2, 0) is 0 Å². The van der Waals surface area contributed by atoms with Crippen LogP contribution in [0.4, 0.5) is 5.69 Å². The molecule has 0 aromatic carbocycles. The van der Waals surface area contributed by atoms with Gasteiger partial charge in [0.1, 0.15) is 0 Å². The summed E-state index contributed by atoms with van der Waals surface area (Å²) in [7, 11) is 0. The number of thioether (sulfide) groups is 1. The second-order valence-electron chi connectivity index (χ2n) is 3.51. The van der Waals surface area contributed by atoms with Crippen molar-refractivity contribution in [2.24, 2.45) is 0 Å². The number of rotatable bonds is 4. The zero-order valence-electron chi connectivity index (χ0n) is 9.31. The van der Waals surface area contributed by atoms with Crippen molar-refractivity contribution in [1.29, 1.82) is 0 Å².